The van der Waals surface area contributed by atoms with Crippen molar-refractivity contribution < 1.29 is 13.2 Å². The first-order chi connectivity index (χ1) is 9.48. The Morgan fingerprint density at radius 2 is 2.00 bits per heavy atom. The highest BCUT2D eigenvalue weighted by atomic mass is 32.2. The summed E-state index contributed by atoms with van der Waals surface area (Å²) in [6.07, 6.45) is 0. The largest absolute Gasteiger partial charge is 0.326 e. The maximum Gasteiger partial charge on any atom is 0.238 e. The Hall–Kier alpha value is -1.44. The van der Waals surface area contributed by atoms with E-state index in [4.69, 9.17) is 5.73 Å². The normalized spacial score (nSPS) is 18.6. The molecule has 0 atom stereocenters. The fourth-order valence-corrected chi connectivity index (χ4v) is 3.36. The number of hydrogen-bond donors (Lipinski definition) is 2. The second kappa shape index (κ2) is 6.34. The molecule has 7 heteroatoms. The predicted molar refractivity (Wildman–Crippen MR) is 78.1 cm³/mol. The topological polar surface area (TPSA) is 92.5 Å². The lowest BCUT2D eigenvalue weighted by Gasteiger charge is -2.25. The highest BCUT2D eigenvalue weighted by Gasteiger charge is 2.22. The molecule has 0 aromatic heterocycles. The monoisotopic (exact) mass is 297 g/mol. The number of nitrogens with zero attached hydrogens (tertiary/aromatic N) is 1. The van der Waals surface area contributed by atoms with E-state index in [0.29, 0.717) is 25.3 Å². The smallest absolute Gasteiger partial charge is 0.238 e. The van der Waals surface area contributed by atoms with Gasteiger partial charge in [-0.1, -0.05) is 12.1 Å². The number of carbonyl (C=O) groups excluding carboxylic acids is 1. The molecule has 0 radical (unpaired) electrons. The van der Waals surface area contributed by atoms with E-state index < -0.39 is 9.84 Å². The van der Waals surface area contributed by atoms with E-state index in [-0.39, 0.29) is 24.0 Å². The Morgan fingerprint density at radius 1 is 1.30 bits per heavy atom. The number of rotatable bonds is 4. The van der Waals surface area contributed by atoms with Crippen LogP contribution >= 0.6 is 0 Å². The zero-order valence-electron chi connectivity index (χ0n) is 11.2. The Kier molecular flexibility index (Phi) is 4.74. The molecule has 1 saturated heterocycles. The second-order valence-electron chi connectivity index (χ2n) is 4.88. The summed E-state index contributed by atoms with van der Waals surface area (Å²) < 4.78 is 22.6. The van der Waals surface area contributed by atoms with Gasteiger partial charge in [-0.05, 0) is 17.7 Å². The van der Waals surface area contributed by atoms with Crippen LogP contribution in [0.4, 0.5) is 5.69 Å². The Balaban J connectivity index is 1.86. The minimum Gasteiger partial charge on any atom is -0.326 e. The minimum absolute atomic E-state index is 0.128. The molecule has 2 rings (SSSR count). The zero-order valence-corrected chi connectivity index (χ0v) is 12.0. The van der Waals surface area contributed by atoms with Crippen LogP contribution in [0, 0.1) is 0 Å². The molecule has 20 heavy (non-hydrogen) atoms. The lowest BCUT2D eigenvalue weighted by molar-refractivity contribution is -0.117. The summed E-state index contributed by atoms with van der Waals surface area (Å²) in [4.78, 5) is 13.8. The molecule has 0 aliphatic carbocycles. The van der Waals surface area contributed by atoms with Crippen LogP contribution in [0.2, 0.25) is 0 Å². The van der Waals surface area contributed by atoms with Crippen molar-refractivity contribution in [1.82, 2.24) is 4.90 Å². The van der Waals surface area contributed by atoms with Gasteiger partial charge in [-0.25, -0.2) is 8.42 Å². The Morgan fingerprint density at radius 3 is 2.65 bits per heavy atom. The fraction of sp³-hybridized carbons (Fsp3) is 0.462. The van der Waals surface area contributed by atoms with Crippen molar-refractivity contribution in [2.75, 3.05) is 36.5 Å². The van der Waals surface area contributed by atoms with Crippen LogP contribution in [-0.4, -0.2) is 50.4 Å². The van der Waals surface area contributed by atoms with E-state index in [9.17, 15) is 13.2 Å². The maximum atomic E-state index is 11.9. The molecule has 1 amide bonds. The number of nitrogens with two attached hydrogens (primary N) is 1. The number of nitrogens with one attached hydrogen (secondary N) is 1. The average Bonchev–Trinajstić information content (AvgIpc) is 2.41. The molecule has 1 aliphatic rings. The van der Waals surface area contributed by atoms with Crippen LogP contribution in [0.5, 0.6) is 0 Å². The molecule has 0 spiro atoms. The molecule has 6 nitrogen and oxygen atoms in total. The number of amides is 1. The quantitative estimate of drug-likeness (QED) is 0.804. The third kappa shape index (κ3) is 4.29. The third-order valence-electron chi connectivity index (χ3n) is 3.25. The molecule has 0 bridgehead atoms. The summed E-state index contributed by atoms with van der Waals surface area (Å²) in [7, 11) is -2.91. The van der Waals surface area contributed by atoms with Gasteiger partial charge in [-0.3, -0.25) is 9.69 Å². The number of hydrogen-bond acceptors (Lipinski definition) is 5. The molecule has 1 aliphatic heterocycles. The molecule has 3 N–H and O–H groups in total. The zero-order chi connectivity index (χ0) is 14.6. The van der Waals surface area contributed by atoms with Gasteiger partial charge in [0.15, 0.2) is 9.84 Å². The van der Waals surface area contributed by atoms with Gasteiger partial charge in [0.2, 0.25) is 5.91 Å². The summed E-state index contributed by atoms with van der Waals surface area (Å²) in [5, 5.41) is 2.80. The molecule has 110 valence electrons. The summed E-state index contributed by atoms with van der Waals surface area (Å²) in [6, 6.07) is 7.37. The SMILES string of the molecule is NCc1cccc(NC(=O)CN2CCS(=O)(=O)CC2)c1. The summed E-state index contributed by atoms with van der Waals surface area (Å²) in [5.74, 6) is 0.116. The second-order valence-corrected chi connectivity index (χ2v) is 7.18. The number of sulfone groups is 1. The van der Waals surface area contributed by atoms with E-state index in [2.05, 4.69) is 5.32 Å². The fourth-order valence-electron chi connectivity index (χ4n) is 2.09. The van der Waals surface area contributed by atoms with Gasteiger partial charge in [0.25, 0.3) is 0 Å². The van der Waals surface area contributed by atoms with E-state index in [1.165, 1.54) is 0 Å². The van der Waals surface area contributed by atoms with Gasteiger partial charge < -0.3 is 11.1 Å². The molecule has 1 aromatic rings. The van der Waals surface area contributed by atoms with Crippen LogP contribution in [-0.2, 0) is 21.2 Å². The molecular formula is C13H19N3O3S. The Bertz CT molecular complexity index is 572. The molecular weight excluding hydrogens is 278 g/mol. The van der Waals surface area contributed by atoms with Gasteiger partial charge in [0.1, 0.15) is 0 Å². The lowest BCUT2D eigenvalue weighted by atomic mass is 10.2. The van der Waals surface area contributed by atoms with Crippen LogP contribution in [0.3, 0.4) is 0 Å². The van der Waals surface area contributed by atoms with Crippen molar-refractivity contribution >= 4 is 21.4 Å². The van der Waals surface area contributed by atoms with E-state index in [0.717, 1.165) is 5.56 Å². The molecule has 0 saturated carbocycles. The van der Waals surface area contributed by atoms with E-state index >= 15 is 0 Å². The number of benzene rings is 1. The van der Waals surface area contributed by atoms with E-state index in [1.54, 1.807) is 6.07 Å². The van der Waals surface area contributed by atoms with Crippen LogP contribution in [0.1, 0.15) is 5.56 Å². The lowest BCUT2D eigenvalue weighted by Crippen LogP contribution is -2.43. The molecule has 1 heterocycles. The molecule has 0 unspecified atom stereocenters. The van der Waals surface area contributed by atoms with Crippen molar-refractivity contribution in [3.05, 3.63) is 29.8 Å². The van der Waals surface area contributed by atoms with Gasteiger partial charge in [0, 0.05) is 25.3 Å². The highest BCUT2D eigenvalue weighted by Crippen LogP contribution is 2.10. The van der Waals surface area contributed by atoms with Crippen LogP contribution < -0.4 is 11.1 Å². The molecule has 1 aromatic carbocycles. The highest BCUT2D eigenvalue weighted by molar-refractivity contribution is 7.91. The van der Waals surface area contributed by atoms with E-state index in [1.807, 2.05) is 23.1 Å². The standard InChI is InChI=1S/C13H19N3O3S/c14-9-11-2-1-3-12(8-11)15-13(17)10-16-4-6-20(18,19)7-5-16/h1-3,8H,4-7,9-10,14H2,(H,15,17). The number of carbonyl (C=O) groups is 1. The van der Waals surface area contributed by atoms with Crippen molar-refractivity contribution in [3.63, 3.8) is 0 Å². The minimum atomic E-state index is -2.91. The first-order valence-corrected chi connectivity index (χ1v) is 8.32. The summed E-state index contributed by atoms with van der Waals surface area (Å²) in [5.41, 5.74) is 7.21. The van der Waals surface area contributed by atoms with Gasteiger partial charge in [0.05, 0.1) is 18.1 Å². The maximum absolute atomic E-state index is 11.9. The Labute approximate surface area is 118 Å². The van der Waals surface area contributed by atoms with Crippen molar-refractivity contribution in [1.29, 1.82) is 0 Å². The number of anilines is 1. The van der Waals surface area contributed by atoms with Crippen LogP contribution in [0.25, 0.3) is 0 Å². The molecule has 1 fully saturated rings. The summed E-state index contributed by atoms with van der Waals surface area (Å²) >= 11 is 0. The van der Waals surface area contributed by atoms with Gasteiger partial charge >= 0.3 is 0 Å². The first-order valence-electron chi connectivity index (χ1n) is 6.50. The first kappa shape index (κ1) is 15.0. The van der Waals surface area contributed by atoms with Crippen molar-refractivity contribution in [3.8, 4) is 0 Å². The van der Waals surface area contributed by atoms with Gasteiger partial charge in [-0.2, -0.15) is 0 Å². The summed E-state index contributed by atoms with van der Waals surface area (Å²) in [6.45, 7) is 1.47. The van der Waals surface area contributed by atoms with Crippen molar-refractivity contribution in [2.45, 2.75) is 6.54 Å². The van der Waals surface area contributed by atoms with Crippen LogP contribution in [0.15, 0.2) is 24.3 Å². The third-order valence-corrected chi connectivity index (χ3v) is 4.86. The average molecular weight is 297 g/mol. The van der Waals surface area contributed by atoms with Gasteiger partial charge in [-0.15, -0.1) is 0 Å². The predicted octanol–water partition coefficient (Wildman–Crippen LogP) is -0.186. The van der Waals surface area contributed by atoms with Crippen molar-refractivity contribution in [2.24, 2.45) is 5.73 Å².